The van der Waals surface area contributed by atoms with Gasteiger partial charge in [0.15, 0.2) is 0 Å². The van der Waals surface area contributed by atoms with E-state index in [0.29, 0.717) is 23.4 Å². The summed E-state index contributed by atoms with van der Waals surface area (Å²) in [4.78, 5) is 24.7. The van der Waals surface area contributed by atoms with Crippen molar-refractivity contribution in [3.05, 3.63) is 102 Å². The number of anilines is 1. The zero-order chi connectivity index (χ0) is 19.8. The summed E-state index contributed by atoms with van der Waals surface area (Å²) in [6, 6.07) is 25.9. The summed E-state index contributed by atoms with van der Waals surface area (Å²) in [5, 5.41) is 2.90. The van der Waals surface area contributed by atoms with Gasteiger partial charge >= 0.3 is 5.97 Å². The molecule has 0 saturated heterocycles. The van der Waals surface area contributed by atoms with Crippen LogP contribution in [-0.4, -0.2) is 18.5 Å². The molecule has 0 atom stereocenters. The average Bonchev–Trinajstić information content (AvgIpc) is 2.74. The van der Waals surface area contributed by atoms with Gasteiger partial charge in [-0.25, -0.2) is 4.79 Å². The molecule has 0 saturated carbocycles. The van der Waals surface area contributed by atoms with Crippen LogP contribution >= 0.6 is 0 Å². The first-order valence-corrected chi connectivity index (χ1v) is 9.08. The van der Waals surface area contributed by atoms with Gasteiger partial charge in [-0.15, -0.1) is 0 Å². The van der Waals surface area contributed by atoms with Crippen LogP contribution in [0, 0.1) is 0 Å². The summed E-state index contributed by atoms with van der Waals surface area (Å²) in [7, 11) is 0. The SMILES string of the molecule is CCOC(=O)c1ccc(NC(=O)/C(=C\c2ccccc2)c2ccccc2)cc1. The van der Waals surface area contributed by atoms with Crippen LogP contribution in [0.1, 0.15) is 28.4 Å². The van der Waals surface area contributed by atoms with Crippen LogP contribution in [-0.2, 0) is 9.53 Å². The molecule has 28 heavy (non-hydrogen) atoms. The number of amides is 1. The minimum Gasteiger partial charge on any atom is -0.462 e. The van der Waals surface area contributed by atoms with Crippen LogP contribution in [0.3, 0.4) is 0 Å². The lowest BCUT2D eigenvalue weighted by Gasteiger charge is -2.10. The van der Waals surface area contributed by atoms with Gasteiger partial charge in [-0.05, 0) is 48.4 Å². The lowest BCUT2D eigenvalue weighted by atomic mass is 10.0. The maximum Gasteiger partial charge on any atom is 0.338 e. The van der Waals surface area contributed by atoms with Gasteiger partial charge in [-0.3, -0.25) is 4.79 Å². The molecule has 0 radical (unpaired) electrons. The second kappa shape index (κ2) is 9.33. The van der Waals surface area contributed by atoms with Crippen LogP contribution in [0.4, 0.5) is 5.69 Å². The van der Waals surface area contributed by atoms with Crippen molar-refractivity contribution in [1.29, 1.82) is 0 Å². The Kier molecular flexibility index (Phi) is 6.37. The van der Waals surface area contributed by atoms with Crippen molar-refractivity contribution in [2.45, 2.75) is 6.92 Å². The molecule has 0 bridgehead atoms. The third-order valence-corrected chi connectivity index (χ3v) is 4.09. The number of carbonyl (C=O) groups is 2. The Bertz CT molecular complexity index is 962. The highest BCUT2D eigenvalue weighted by Gasteiger charge is 2.13. The predicted molar refractivity (Wildman–Crippen MR) is 112 cm³/mol. The number of ether oxygens (including phenoxy) is 1. The molecule has 3 rings (SSSR count). The highest BCUT2D eigenvalue weighted by molar-refractivity contribution is 6.29. The molecule has 0 aliphatic carbocycles. The summed E-state index contributed by atoms with van der Waals surface area (Å²) in [5.74, 6) is -0.603. The van der Waals surface area contributed by atoms with E-state index in [1.807, 2.05) is 66.7 Å². The normalized spacial score (nSPS) is 11.0. The van der Waals surface area contributed by atoms with Gasteiger partial charge in [0.2, 0.25) is 0 Å². The van der Waals surface area contributed by atoms with Gasteiger partial charge in [0, 0.05) is 11.3 Å². The number of rotatable bonds is 6. The van der Waals surface area contributed by atoms with Crippen molar-refractivity contribution in [3.8, 4) is 0 Å². The van der Waals surface area contributed by atoms with E-state index in [2.05, 4.69) is 5.32 Å². The van der Waals surface area contributed by atoms with Crippen molar-refractivity contribution in [2.75, 3.05) is 11.9 Å². The molecule has 1 N–H and O–H groups in total. The van der Waals surface area contributed by atoms with E-state index < -0.39 is 0 Å². The van der Waals surface area contributed by atoms with Crippen molar-refractivity contribution in [2.24, 2.45) is 0 Å². The maximum atomic E-state index is 13.0. The Morgan fingerprint density at radius 2 is 1.43 bits per heavy atom. The van der Waals surface area contributed by atoms with E-state index in [9.17, 15) is 9.59 Å². The van der Waals surface area contributed by atoms with Crippen molar-refractivity contribution < 1.29 is 14.3 Å². The van der Waals surface area contributed by atoms with Crippen molar-refractivity contribution >= 4 is 29.2 Å². The molecule has 140 valence electrons. The largest absolute Gasteiger partial charge is 0.462 e. The summed E-state index contributed by atoms with van der Waals surface area (Å²) in [6.07, 6.45) is 1.86. The molecule has 3 aromatic rings. The Hall–Kier alpha value is -3.66. The molecule has 0 aromatic heterocycles. The molecule has 4 heteroatoms. The van der Waals surface area contributed by atoms with Gasteiger partial charge < -0.3 is 10.1 Å². The molecular weight excluding hydrogens is 350 g/mol. The molecule has 0 aliphatic heterocycles. The number of hydrogen-bond donors (Lipinski definition) is 1. The van der Waals surface area contributed by atoms with E-state index in [1.165, 1.54) is 0 Å². The van der Waals surface area contributed by atoms with Crippen molar-refractivity contribution in [3.63, 3.8) is 0 Å². The molecule has 4 nitrogen and oxygen atoms in total. The zero-order valence-corrected chi connectivity index (χ0v) is 15.6. The minimum atomic E-state index is -0.380. The quantitative estimate of drug-likeness (QED) is 0.375. The summed E-state index contributed by atoms with van der Waals surface area (Å²) < 4.78 is 4.98. The van der Waals surface area contributed by atoms with Gasteiger partial charge in [0.25, 0.3) is 5.91 Å². The number of nitrogens with one attached hydrogen (secondary N) is 1. The van der Waals surface area contributed by atoms with Gasteiger partial charge in [0.05, 0.1) is 12.2 Å². The van der Waals surface area contributed by atoms with E-state index in [-0.39, 0.29) is 11.9 Å². The summed E-state index contributed by atoms with van der Waals surface area (Å²) >= 11 is 0. The molecule has 0 aliphatic rings. The van der Waals surface area contributed by atoms with Gasteiger partial charge in [-0.1, -0.05) is 60.7 Å². The molecule has 0 spiro atoms. The monoisotopic (exact) mass is 371 g/mol. The van der Waals surface area contributed by atoms with E-state index in [4.69, 9.17) is 4.74 Å². The predicted octanol–water partition coefficient (Wildman–Crippen LogP) is 5.04. The molecule has 0 heterocycles. The lowest BCUT2D eigenvalue weighted by Crippen LogP contribution is -2.14. The molecular formula is C24H21NO3. The molecule has 0 unspecified atom stereocenters. The van der Waals surface area contributed by atoms with Crippen molar-refractivity contribution in [1.82, 2.24) is 0 Å². The van der Waals surface area contributed by atoms with E-state index in [1.54, 1.807) is 31.2 Å². The Morgan fingerprint density at radius 1 is 0.821 bits per heavy atom. The zero-order valence-electron chi connectivity index (χ0n) is 15.6. The Labute approximate surface area is 164 Å². The van der Waals surface area contributed by atoms with E-state index in [0.717, 1.165) is 11.1 Å². The van der Waals surface area contributed by atoms with Crippen LogP contribution in [0.15, 0.2) is 84.9 Å². The van der Waals surface area contributed by atoms with E-state index >= 15 is 0 Å². The van der Waals surface area contributed by atoms with Gasteiger partial charge in [-0.2, -0.15) is 0 Å². The fourth-order valence-electron chi connectivity index (χ4n) is 2.72. The first-order chi connectivity index (χ1) is 13.7. The fraction of sp³-hybridized carbons (Fsp3) is 0.0833. The number of benzene rings is 3. The number of esters is 1. The molecule has 3 aromatic carbocycles. The van der Waals surface area contributed by atoms with Crippen LogP contribution < -0.4 is 5.32 Å². The summed E-state index contributed by atoms with van der Waals surface area (Å²) in [6.45, 7) is 2.08. The standard InChI is InChI=1S/C24H21NO3/c1-2-28-24(27)20-13-15-21(16-14-20)25-23(26)22(19-11-7-4-8-12-19)17-18-9-5-3-6-10-18/h3-17H,2H2,1H3,(H,25,26)/b22-17-. The Morgan fingerprint density at radius 3 is 2.04 bits per heavy atom. The third-order valence-electron chi connectivity index (χ3n) is 4.09. The second-order valence-electron chi connectivity index (χ2n) is 6.09. The Balaban J connectivity index is 1.84. The van der Waals surface area contributed by atoms with Crippen LogP contribution in [0.25, 0.3) is 11.6 Å². The topological polar surface area (TPSA) is 55.4 Å². The third kappa shape index (κ3) is 4.95. The fourth-order valence-corrected chi connectivity index (χ4v) is 2.72. The lowest BCUT2D eigenvalue weighted by molar-refractivity contribution is -0.111. The molecule has 0 fully saturated rings. The highest BCUT2D eigenvalue weighted by atomic mass is 16.5. The number of carbonyl (C=O) groups excluding carboxylic acids is 2. The smallest absolute Gasteiger partial charge is 0.338 e. The molecule has 1 amide bonds. The minimum absolute atomic E-state index is 0.223. The second-order valence-corrected chi connectivity index (χ2v) is 6.09. The van der Waals surface area contributed by atoms with Crippen LogP contribution in [0.5, 0.6) is 0 Å². The maximum absolute atomic E-state index is 13.0. The van der Waals surface area contributed by atoms with Crippen LogP contribution in [0.2, 0.25) is 0 Å². The number of hydrogen-bond acceptors (Lipinski definition) is 3. The van der Waals surface area contributed by atoms with Gasteiger partial charge in [0.1, 0.15) is 0 Å². The highest BCUT2D eigenvalue weighted by Crippen LogP contribution is 2.21. The first-order valence-electron chi connectivity index (χ1n) is 9.08. The first kappa shape index (κ1) is 19.1. The summed E-state index contributed by atoms with van der Waals surface area (Å²) in [5.41, 5.74) is 3.37. The average molecular weight is 371 g/mol.